The summed E-state index contributed by atoms with van der Waals surface area (Å²) in [6.45, 7) is 7.44. The number of ether oxygens (including phenoxy) is 1. The topological polar surface area (TPSA) is 60.4 Å². The Morgan fingerprint density at radius 2 is 1.79 bits per heavy atom. The lowest BCUT2D eigenvalue weighted by Crippen LogP contribution is -2.58. The van der Waals surface area contributed by atoms with Crippen molar-refractivity contribution in [2.45, 2.75) is 65.4 Å². The predicted molar refractivity (Wildman–Crippen MR) is 109 cm³/mol. The number of esters is 1. The van der Waals surface area contributed by atoms with Gasteiger partial charge < -0.3 is 4.74 Å². The Morgan fingerprint density at radius 1 is 1.10 bits per heavy atom. The summed E-state index contributed by atoms with van der Waals surface area (Å²) in [7, 11) is 0. The maximum absolute atomic E-state index is 12.8. The largest absolute Gasteiger partial charge is 0.451 e. The number of carbonyl (C=O) groups is 3. The molecule has 0 amide bonds. The molecule has 0 aromatic rings. The van der Waals surface area contributed by atoms with E-state index in [4.69, 9.17) is 16.3 Å². The molecule has 3 fully saturated rings. The third kappa shape index (κ3) is 2.19. The van der Waals surface area contributed by atoms with E-state index >= 15 is 0 Å². The summed E-state index contributed by atoms with van der Waals surface area (Å²) in [5.41, 5.74) is -0.408. The maximum atomic E-state index is 12.8. The van der Waals surface area contributed by atoms with Gasteiger partial charge in [-0.2, -0.15) is 0 Å². The van der Waals surface area contributed by atoms with Gasteiger partial charge in [0.1, 0.15) is 0 Å². The first kappa shape index (κ1) is 19.5. The number of hydrogen-bond acceptors (Lipinski definition) is 4. The van der Waals surface area contributed by atoms with Gasteiger partial charge in [-0.25, -0.2) is 0 Å². The van der Waals surface area contributed by atoms with E-state index in [1.54, 1.807) is 6.92 Å². The zero-order chi connectivity index (χ0) is 20.9. The van der Waals surface area contributed by atoms with Gasteiger partial charge in [-0.3, -0.25) is 14.4 Å². The molecule has 0 N–H and O–H groups in total. The lowest BCUT2D eigenvalue weighted by atomic mass is 9.47. The second kappa shape index (κ2) is 5.84. The van der Waals surface area contributed by atoms with Crippen LogP contribution in [0.3, 0.4) is 0 Å². The van der Waals surface area contributed by atoms with Crippen LogP contribution in [-0.4, -0.2) is 23.1 Å². The second-order valence-electron chi connectivity index (χ2n) is 10.4. The fourth-order valence-electron chi connectivity index (χ4n) is 8.04. The van der Waals surface area contributed by atoms with E-state index in [0.717, 1.165) is 31.3 Å². The molecular formula is C24H29ClO4. The molecule has 4 nitrogen and oxygen atoms in total. The molecule has 0 saturated heterocycles. The first-order valence-electron chi connectivity index (χ1n) is 10.9. The van der Waals surface area contributed by atoms with Gasteiger partial charge in [0.15, 0.2) is 17.2 Å². The van der Waals surface area contributed by atoms with Crippen molar-refractivity contribution in [2.75, 3.05) is 0 Å². The van der Waals surface area contributed by atoms with Gasteiger partial charge >= 0.3 is 5.97 Å². The van der Waals surface area contributed by atoms with Crippen LogP contribution in [0.25, 0.3) is 0 Å². The maximum Gasteiger partial charge on any atom is 0.303 e. The normalized spacial score (nSPS) is 49.7. The fraction of sp³-hybridized carbons (Fsp3) is 0.708. The lowest BCUT2D eigenvalue weighted by Gasteiger charge is -2.57. The van der Waals surface area contributed by atoms with Crippen LogP contribution in [0.1, 0.15) is 59.8 Å². The number of rotatable bonds is 2. The zero-order valence-electron chi connectivity index (χ0n) is 17.6. The molecule has 5 aliphatic carbocycles. The highest BCUT2D eigenvalue weighted by Crippen LogP contribution is 2.72. The highest BCUT2D eigenvalue weighted by atomic mass is 35.5. The molecular weight excluding hydrogens is 388 g/mol. The van der Waals surface area contributed by atoms with E-state index < -0.39 is 5.60 Å². The van der Waals surface area contributed by atoms with Crippen molar-refractivity contribution in [2.24, 2.45) is 40.4 Å². The Bertz CT molecular complexity index is 903. The van der Waals surface area contributed by atoms with E-state index in [2.05, 4.69) is 26.0 Å². The van der Waals surface area contributed by atoms with Crippen molar-refractivity contribution in [3.63, 3.8) is 0 Å². The first-order chi connectivity index (χ1) is 13.6. The van der Waals surface area contributed by atoms with Crippen LogP contribution in [0, 0.1) is 40.4 Å². The van der Waals surface area contributed by atoms with Gasteiger partial charge in [-0.1, -0.05) is 37.6 Å². The molecule has 5 heteroatoms. The first-order valence-corrected chi connectivity index (χ1v) is 11.3. The van der Waals surface area contributed by atoms with Crippen molar-refractivity contribution in [3.05, 3.63) is 22.8 Å². The van der Waals surface area contributed by atoms with E-state index in [1.807, 2.05) is 0 Å². The monoisotopic (exact) mass is 416 g/mol. The summed E-state index contributed by atoms with van der Waals surface area (Å²) in [6.07, 6.45) is 8.58. The molecule has 0 spiro atoms. The molecule has 0 aliphatic heterocycles. The SMILES string of the molecule is CC(=O)O[C@@]1(C(C)=O)CC[C@@H]2[C@@H]3C=CC4=C(Cl)C(=O)[C@H]5C[C@H]5[C@]4(C)[C@@H]3CC[C@@]21C. The van der Waals surface area contributed by atoms with Crippen molar-refractivity contribution in [3.8, 4) is 0 Å². The summed E-state index contributed by atoms with van der Waals surface area (Å²) >= 11 is 6.54. The van der Waals surface area contributed by atoms with Crippen LogP contribution in [0.2, 0.25) is 0 Å². The number of ketones is 2. The van der Waals surface area contributed by atoms with Crippen molar-refractivity contribution in [1.29, 1.82) is 0 Å². The highest BCUT2D eigenvalue weighted by Gasteiger charge is 2.70. The molecule has 0 radical (unpaired) electrons. The summed E-state index contributed by atoms with van der Waals surface area (Å²) in [6, 6.07) is 0. The number of carbonyl (C=O) groups excluding carboxylic acids is 3. The molecule has 0 aromatic carbocycles. The van der Waals surface area contributed by atoms with Crippen molar-refractivity contribution in [1.82, 2.24) is 0 Å². The number of hydrogen-bond donors (Lipinski definition) is 0. The Labute approximate surface area is 177 Å². The molecule has 0 unspecified atom stereocenters. The summed E-state index contributed by atoms with van der Waals surface area (Å²) < 4.78 is 5.82. The van der Waals surface area contributed by atoms with Gasteiger partial charge in [0.25, 0.3) is 0 Å². The lowest BCUT2D eigenvalue weighted by molar-refractivity contribution is -0.185. The Morgan fingerprint density at radius 3 is 2.45 bits per heavy atom. The van der Waals surface area contributed by atoms with Crippen LogP contribution in [0.15, 0.2) is 22.8 Å². The molecule has 8 atom stereocenters. The van der Waals surface area contributed by atoms with Crippen LogP contribution in [0.5, 0.6) is 0 Å². The Hall–Kier alpha value is -1.42. The number of allylic oxidation sites excluding steroid dienone is 4. The summed E-state index contributed by atoms with van der Waals surface area (Å²) in [4.78, 5) is 37.2. The van der Waals surface area contributed by atoms with Gasteiger partial charge in [0.2, 0.25) is 0 Å². The predicted octanol–water partition coefficient (Wildman–Crippen LogP) is 4.61. The Kier molecular flexibility index (Phi) is 3.93. The molecule has 3 saturated carbocycles. The van der Waals surface area contributed by atoms with E-state index in [0.29, 0.717) is 29.2 Å². The van der Waals surface area contributed by atoms with Crippen LogP contribution >= 0.6 is 11.6 Å². The molecule has 0 bridgehead atoms. The van der Waals surface area contributed by atoms with E-state index in [9.17, 15) is 14.4 Å². The average Bonchev–Trinajstić information content (AvgIpc) is 3.40. The molecule has 5 aliphatic rings. The van der Waals surface area contributed by atoms with Crippen molar-refractivity contribution < 1.29 is 19.1 Å². The minimum Gasteiger partial charge on any atom is -0.451 e. The van der Waals surface area contributed by atoms with Gasteiger partial charge in [-0.05, 0) is 68.3 Å². The fourth-order valence-corrected chi connectivity index (χ4v) is 8.45. The molecule has 0 aromatic heterocycles. The highest BCUT2D eigenvalue weighted by molar-refractivity contribution is 6.44. The second-order valence-corrected chi connectivity index (χ2v) is 10.8. The number of halogens is 1. The molecule has 5 rings (SSSR count). The number of Topliss-reactive ketones (excluding diaryl/α,β-unsaturated/α-hetero) is 2. The summed E-state index contributed by atoms with van der Waals surface area (Å²) in [5, 5.41) is 0.443. The van der Waals surface area contributed by atoms with Crippen LogP contribution in [0.4, 0.5) is 0 Å². The van der Waals surface area contributed by atoms with Gasteiger partial charge in [0.05, 0.1) is 5.03 Å². The molecule has 0 heterocycles. The molecule has 156 valence electrons. The van der Waals surface area contributed by atoms with Crippen LogP contribution < -0.4 is 0 Å². The number of fused-ring (bicyclic) bond motifs is 7. The standard InChI is InChI=1S/C24H29ClO4/c1-12(26)24(29-13(2)27)10-8-16-14-5-6-18-20(25)21(28)15-11-19(15)23(18,4)17(14)7-9-22(16,24)3/h5-6,14-17,19H,7-11H2,1-4H3/t14-,15-,16+,17+,19+,22-,23+,24+/m0/s1. The third-order valence-electron chi connectivity index (χ3n) is 9.52. The Balaban J connectivity index is 1.58. The van der Waals surface area contributed by atoms with Crippen molar-refractivity contribution >= 4 is 29.1 Å². The minimum atomic E-state index is -1.01. The smallest absolute Gasteiger partial charge is 0.303 e. The van der Waals surface area contributed by atoms with Crippen LogP contribution in [-0.2, 0) is 19.1 Å². The zero-order valence-corrected chi connectivity index (χ0v) is 18.3. The van der Waals surface area contributed by atoms with E-state index in [-0.39, 0.29) is 40.2 Å². The quantitative estimate of drug-likeness (QED) is 0.617. The van der Waals surface area contributed by atoms with Gasteiger partial charge in [0, 0.05) is 23.7 Å². The third-order valence-corrected chi connectivity index (χ3v) is 9.91. The average molecular weight is 417 g/mol. The minimum absolute atomic E-state index is 0.0312. The molecule has 29 heavy (non-hydrogen) atoms. The summed E-state index contributed by atoms with van der Waals surface area (Å²) in [5.74, 6) is 1.22. The van der Waals surface area contributed by atoms with Gasteiger partial charge in [-0.15, -0.1) is 0 Å². The van der Waals surface area contributed by atoms with E-state index in [1.165, 1.54) is 6.92 Å².